The Hall–Kier alpha value is -1.65. The molecule has 2 aromatic rings. The molecular formula is C14H14Cl2N4. The van der Waals surface area contributed by atoms with Crippen molar-refractivity contribution in [2.75, 3.05) is 5.43 Å². The highest BCUT2D eigenvalue weighted by atomic mass is 35.5. The van der Waals surface area contributed by atoms with E-state index in [0.29, 0.717) is 21.6 Å². The Kier molecular flexibility index (Phi) is 4.93. The first-order chi connectivity index (χ1) is 9.60. The monoisotopic (exact) mass is 308 g/mol. The quantitative estimate of drug-likeness (QED) is 0.683. The van der Waals surface area contributed by atoms with Crippen molar-refractivity contribution in [2.45, 2.75) is 20.3 Å². The number of nitrogens with one attached hydrogen (secondary N) is 1. The Bertz CT molecular complexity index is 621. The van der Waals surface area contributed by atoms with Gasteiger partial charge in [-0.3, -0.25) is 0 Å². The lowest BCUT2D eigenvalue weighted by atomic mass is 10.2. The molecule has 0 aliphatic rings. The van der Waals surface area contributed by atoms with Crippen LogP contribution in [0.25, 0.3) is 0 Å². The van der Waals surface area contributed by atoms with Gasteiger partial charge in [0.15, 0.2) is 0 Å². The number of anilines is 1. The molecule has 0 aliphatic carbocycles. The predicted octanol–water partition coefficient (Wildman–Crippen LogP) is 4.10. The minimum Gasteiger partial charge on any atom is -0.245 e. The van der Waals surface area contributed by atoms with Gasteiger partial charge in [0, 0.05) is 17.0 Å². The number of hydrogen-bond donors (Lipinski definition) is 1. The van der Waals surface area contributed by atoms with Gasteiger partial charge in [-0.05, 0) is 31.5 Å². The molecule has 0 saturated heterocycles. The highest BCUT2D eigenvalue weighted by molar-refractivity contribution is 6.38. The zero-order chi connectivity index (χ0) is 14.5. The third kappa shape index (κ3) is 3.68. The van der Waals surface area contributed by atoms with Crippen molar-refractivity contribution in [3.05, 3.63) is 51.3 Å². The number of hydrazone groups is 1. The molecule has 0 atom stereocenters. The summed E-state index contributed by atoms with van der Waals surface area (Å²) in [6, 6.07) is 7.24. The topological polar surface area (TPSA) is 50.2 Å². The fraction of sp³-hybridized carbons (Fsp3) is 0.214. The summed E-state index contributed by atoms with van der Waals surface area (Å²) in [4.78, 5) is 8.58. The van der Waals surface area contributed by atoms with Crippen LogP contribution >= 0.6 is 23.2 Å². The third-order valence-electron chi connectivity index (χ3n) is 2.63. The van der Waals surface area contributed by atoms with E-state index in [1.807, 2.05) is 19.9 Å². The van der Waals surface area contributed by atoms with Gasteiger partial charge in [-0.1, -0.05) is 36.2 Å². The van der Waals surface area contributed by atoms with E-state index in [4.69, 9.17) is 23.2 Å². The van der Waals surface area contributed by atoms with E-state index in [9.17, 15) is 0 Å². The fourth-order valence-corrected chi connectivity index (χ4v) is 2.15. The Morgan fingerprint density at radius 1 is 1.25 bits per heavy atom. The van der Waals surface area contributed by atoms with Gasteiger partial charge >= 0.3 is 0 Å². The number of nitrogens with zero attached hydrogens (tertiary/aromatic N) is 3. The van der Waals surface area contributed by atoms with Crippen molar-refractivity contribution < 1.29 is 0 Å². The Morgan fingerprint density at radius 2 is 1.95 bits per heavy atom. The highest BCUT2D eigenvalue weighted by Crippen LogP contribution is 2.22. The molecule has 0 unspecified atom stereocenters. The van der Waals surface area contributed by atoms with Gasteiger partial charge in [-0.15, -0.1) is 0 Å². The molecule has 0 bridgehead atoms. The van der Waals surface area contributed by atoms with Gasteiger partial charge in [0.25, 0.3) is 0 Å². The second-order valence-electron chi connectivity index (χ2n) is 4.18. The minimum absolute atomic E-state index is 0.460. The van der Waals surface area contributed by atoms with E-state index in [0.717, 1.165) is 17.8 Å². The van der Waals surface area contributed by atoms with Crippen LogP contribution in [0.2, 0.25) is 10.0 Å². The van der Waals surface area contributed by atoms with Gasteiger partial charge in [0.2, 0.25) is 5.95 Å². The van der Waals surface area contributed by atoms with E-state index < -0.39 is 0 Å². The van der Waals surface area contributed by atoms with Crippen LogP contribution in [0.1, 0.15) is 23.9 Å². The summed E-state index contributed by atoms with van der Waals surface area (Å²) in [5.74, 6) is 0.460. The van der Waals surface area contributed by atoms with E-state index in [1.165, 1.54) is 0 Å². The minimum atomic E-state index is 0.460. The van der Waals surface area contributed by atoms with Crippen molar-refractivity contribution in [1.29, 1.82) is 0 Å². The molecule has 1 heterocycles. The van der Waals surface area contributed by atoms with Gasteiger partial charge in [-0.25, -0.2) is 15.4 Å². The van der Waals surface area contributed by atoms with Gasteiger partial charge in [0.1, 0.15) is 0 Å². The zero-order valence-electron chi connectivity index (χ0n) is 11.2. The predicted molar refractivity (Wildman–Crippen MR) is 83.8 cm³/mol. The van der Waals surface area contributed by atoms with Crippen molar-refractivity contribution in [3.8, 4) is 0 Å². The fourth-order valence-electron chi connectivity index (χ4n) is 1.65. The number of halogens is 2. The van der Waals surface area contributed by atoms with Crippen LogP contribution in [0.5, 0.6) is 0 Å². The average Bonchev–Trinajstić information content (AvgIpc) is 2.41. The van der Waals surface area contributed by atoms with E-state index in [2.05, 4.69) is 20.5 Å². The summed E-state index contributed by atoms with van der Waals surface area (Å²) in [5, 5.41) is 5.17. The molecule has 0 amide bonds. The van der Waals surface area contributed by atoms with E-state index >= 15 is 0 Å². The van der Waals surface area contributed by atoms with Crippen LogP contribution in [-0.2, 0) is 6.42 Å². The van der Waals surface area contributed by atoms with Crippen LogP contribution < -0.4 is 5.43 Å². The number of rotatable bonds is 4. The molecule has 2 rings (SSSR count). The first-order valence-electron chi connectivity index (χ1n) is 6.17. The molecule has 0 aliphatic heterocycles. The Morgan fingerprint density at radius 3 is 2.60 bits per heavy atom. The zero-order valence-corrected chi connectivity index (χ0v) is 12.7. The molecule has 20 heavy (non-hydrogen) atoms. The van der Waals surface area contributed by atoms with Crippen LogP contribution in [0, 0.1) is 6.92 Å². The SMILES string of the molecule is CCc1cc(C)nc(NN=Cc2c(Cl)cccc2Cl)n1. The summed E-state index contributed by atoms with van der Waals surface area (Å²) in [6.45, 7) is 3.96. The molecule has 1 aromatic carbocycles. The normalized spacial score (nSPS) is 11.0. The molecule has 104 valence electrons. The lowest BCUT2D eigenvalue weighted by Crippen LogP contribution is -2.01. The van der Waals surface area contributed by atoms with Gasteiger partial charge in [0.05, 0.1) is 16.3 Å². The molecule has 0 saturated carbocycles. The number of aryl methyl sites for hydroxylation is 2. The third-order valence-corrected chi connectivity index (χ3v) is 3.29. The maximum absolute atomic E-state index is 6.05. The van der Waals surface area contributed by atoms with Crippen molar-refractivity contribution in [2.24, 2.45) is 5.10 Å². The van der Waals surface area contributed by atoms with Crippen LogP contribution in [0.4, 0.5) is 5.95 Å². The smallest absolute Gasteiger partial charge is 0.243 e. The summed E-state index contributed by atoms with van der Waals surface area (Å²) in [5.41, 5.74) is 5.31. The molecule has 0 spiro atoms. The lowest BCUT2D eigenvalue weighted by molar-refractivity contribution is 0.970. The lowest BCUT2D eigenvalue weighted by Gasteiger charge is -2.04. The first-order valence-corrected chi connectivity index (χ1v) is 6.93. The van der Waals surface area contributed by atoms with Gasteiger partial charge in [-0.2, -0.15) is 5.10 Å². The maximum atomic E-state index is 6.05. The van der Waals surface area contributed by atoms with Crippen molar-refractivity contribution in [3.63, 3.8) is 0 Å². The molecule has 6 heteroatoms. The molecule has 0 radical (unpaired) electrons. The summed E-state index contributed by atoms with van der Waals surface area (Å²) in [6.07, 6.45) is 2.40. The average molecular weight is 309 g/mol. The van der Waals surface area contributed by atoms with Crippen molar-refractivity contribution >= 4 is 35.4 Å². The summed E-state index contributed by atoms with van der Waals surface area (Å²) < 4.78 is 0. The number of hydrogen-bond acceptors (Lipinski definition) is 4. The Labute approximate surface area is 127 Å². The number of aromatic nitrogens is 2. The van der Waals surface area contributed by atoms with E-state index in [1.54, 1.807) is 24.4 Å². The molecule has 4 nitrogen and oxygen atoms in total. The van der Waals surface area contributed by atoms with Crippen LogP contribution in [-0.4, -0.2) is 16.2 Å². The summed E-state index contributed by atoms with van der Waals surface area (Å²) in [7, 11) is 0. The summed E-state index contributed by atoms with van der Waals surface area (Å²) >= 11 is 12.1. The highest BCUT2D eigenvalue weighted by Gasteiger charge is 2.03. The largest absolute Gasteiger partial charge is 0.245 e. The van der Waals surface area contributed by atoms with Crippen LogP contribution in [0.3, 0.4) is 0 Å². The second kappa shape index (κ2) is 6.68. The molecular weight excluding hydrogens is 295 g/mol. The standard InChI is InChI=1S/C14H14Cl2N4/c1-3-10-7-9(2)18-14(19-10)20-17-8-11-12(15)5-4-6-13(11)16/h4-8H,3H2,1-2H3,(H,18,19,20). The van der Waals surface area contributed by atoms with Gasteiger partial charge < -0.3 is 0 Å². The van der Waals surface area contributed by atoms with Crippen LogP contribution in [0.15, 0.2) is 29.4 Å². The number of benzene rings is 1. The van der Waals surface area contributed by atoms with Crippen molar-refractivity contribution in [1.82, 2.24) is 9.97 Å². The second-order valence-corrected chi connectivity index (χ2v) is 5.00. The molecule has 1 N–H and O–H groups in total. The first kappa shape index (κ1) is 14.8. The Balaban J connectivity index is 2.16. The molecule has 1 aromatic heterocycles. The molecule has 0 fully saturated rings. The van der Waals surface area contributed by atoms with E-state index in [-0.39, 0.29) is 0 Å². The maximum Gasteiger partial charge on any atom is 0.243 e.